The fraction of sp³-hybridized carbons (Fsp3) is 0.737. The van der Waals surface area contributed by atoms with E-state index in [0.717, 1.165) is 63.5 Å². The van der Waals surface area contributed by atoms with Crippen LogP contribution in [-0.4, -0.2) is 64.4 Å². The summed E-state index contributed by atoms with van der Waals surface area (Å²) in [7, 11) is 0. The Balaban J connectivity index is 1.49. The minimum Gasteiger partial charge on any atom is -0.355 e. The van der Waals surface area contributed by atoms with Crippen LogP contribution in [0.5, 0.6) is 0 Å². The molecule has 3 heterocycles. The van der Waals surface area contributed by atoms with Crippen molar-refractivity contribution in [3.05, 3.63) is 17.6 Å². The maximum Gasteiger partial charge on any atom is 0.226 e. The molecule has 1 aromatic heterocycles. The van der Waals surface area contributed by atoms with Gasteiger partial charge in [-0.25, -0.2) is 9.97 Å². The minimum atomic E-state index is 0.288. The Morgan fingerprint density at radius 3 is 2.72 bits per heavy atom. The van der Waals surface area contributed by atoms with Crippen molar-refractivity contribution in [3.8, 4) is 0 Å². The van der Waals surface area contributed by atoms with Crippen LogP contribution in [0.2, 0.25) is 0 Å². The Kier molecular flexibility index (Phi) is 4.63. The lowest BCUT2D eigenvalue weighted by Crippen LogP contribution is -2.39. The zero-order valence-corrected chi connectivity index (χ0v) is 15.4. The number of fused-ring (bicyclic) bond motifs is 1. The van der Waals surface area contributed by atoms with E-state index in [0.29, 0.717) is 18.5 Å². The van der Waals surface area contributed by atoms with Gasteiger partial charge in [-0.1, -0.05) is 13.8 Å². The van der Waals surface area contributed by atoms with Gasteiger partial charge in [-0.15, -0.1) is 0 Å². The SMILES string of the molecule is CCN(CC)C1CCN(c2ncnc3c2CCN(C(=O)C2CC2)C3)C1. The molecule has 6 nitrogen and oxygen atoms in total. The van der Waals surface area contributed by atoms with Gasteiger partial charge in [0.1, 0.15) is 12.1 Å². The molecule has 2 aliphatic heterocycles. The van der Waals surface area contributed by atoms with Crippen LogP contribution in [0, 0.1) is 5.92 Å². The molecule has 1 atom stereocenters. The van der Waals surface area contributed by atoms with E-state index in [2.05, 4.69) is 33.6 Å². The van der Waals surface area contributed by atoms with Gasteiger partial charge in [0.2, 0.25) is 5.91 Å². The zero-order chi connectivity index (χ0) is 17.4. The van der Waals surface area contributed by atoms with E-state index in [9.17, 15) is 4.79 Å². The Labute approximate surface area is 150 Å². The van der Waals surface area contributed by atoms with Crippen molar-refractivity contribution in [1.29, 1.82) is 0 Å². The predicted molar refractivity (Wildman–Crippen MR) is 97.4 cm³/mol. The molecular formula is C19H29N5O. The Bertz CT molecular complexity index is 641. The highest BCUT2D eigenvalue weighted by atomic mass is 16.2. The second-order valence-electron chi connectivity index (χ2n) is 7.52. The summed E-state index contributed by atoms with van der Waals surface area (Å²) in [6.45, 7) is 10.3. The molecule has 136 valence electrons. The van der Waals surface area contributed by atoms with Gasteiger partial charge in [0.15, 0.2) is 0 Å². The molecule has 3 aliphatic rings. The fourth-order valence-corrected chi connectivity index (χ4v) is 4.36. The molecule has 4 rings (SSSR count). The van der Waals surface area contributed by atoms with Gasteiger partial charge in [0.05, 0.1) is 12.2 Å². The van der Waals surface area contributed by atoms with Crippen LogP contribution >= 0.6 is 0 Å². The Morgan fingerprint density at radius 1 is 1.20 bits per heavy atom. The number of likely N-dealkylation sites (N-methyl/N-ethyl adjacent to an activating group) is 1. The van der Waals surface area contributed by atoms with E-state index in [1.807, 2.05) is 4.90 Å². The van der Waals surface area contributed by atoms with E-state index in [-0.39, 0.29) is 5.92 Å². The van der Waals surface area contributed by atoms with E-state index in [4.69, 9.17) is 0 Å². The van der Waals surface area contributed by atoms with Crippen LogP contribution in [0.3, 0.4) is 0 Å². The van der Waals surface area contributed by atoms with E-state index in [1.165, 1.54) is 12.0 Å². The molecule has 1 unspecified atom stereocenters. The molecule has 1 aliphatic carbocycles. The molecule has 2 fully saturated rings. The van der Waals surface area contributed by atoms with Crippen LogP contribution in [-0.2, 0) is 17.8 Å². The molecule has 1 saturated carbocycles. The first-order valence-electron chi connectivity index (χ1n) is 9.81. The van der Waals surface area contributed by atoms with E-state index < -0.39 is 0 Å². The summed E-state index contributed by atoms with van der Waals surface area (Å²) in [5.74, 6) is 1.73. The second-order valence-corrected chi connectivity index (χ2v) is 7.52. The number of aromatic nitrogens is 2. The fourth-order valence-electron chi connectivity index (χ4n) is 4.36. The third-order valence-electron chi connectivity index (χ3n) is 6.01. The number of hydrogen-bond acceptors (Lipinski definition) is 5. The summed E-state index contributed by atoms with van der Waals surface area (Å²) >= 11 is 0. The summed E-state index contributed by atoms with van der Waals surface area (Å²) in [6.07, 6.45) is 5.91. The first kappa shape index (κ1) is 16.8. The highest BCUT2D eigenvalue weighted by molar-refractivity contribution is 5.81. The standard InChI is InChI=1S/C19H29N5O/c1-3-22(4-2)15-7-9-23(11-15)18-16-8-10-24(19(25)14-5-6-14)12-17(16)20-13-21-18/h13-15H,3-12H2,1-2H3. The summed E-state index contributed by atoms with van der Waals surface area (Å²) in [5, 5.41) is 0. The molecule has 1 aromatic rings. The average Bonchev–Trinajstić information content (AvgIpc) is 3.39. The molecule has 0 radical (unpaired) electrons. The number of amides is 1. The molecule has 0 N–H and O–H groups in total. The molecule has 6 heteroatoms. The first-order chi connectivity index (χ1) is 12.2. The summed E-state index contributed by atoms with van der Waals surface area (Å²) in [5.41, 5.74) is 2.32. The molecule has 1 saturated heterocycles. The summed E-state index contributed by atoms with van der Waals surface area (Å²) < 4.78 is 0. The van der Waals surface area contributed by atoms with Crippen molar-refractivity contribution < 1.29 is 4.79 Å². The zero-order valence-electron chi connectivity index (χ0n) is 15.4. The molecule has 1 amide bonds. The van der Waals surface area contributed by atoms with Gasteiger partial charge in [-0.2, -0.15) is 0 Å². The topological polar surface area (TPSA) is 52.6 Å². The van der Waals surface area contributed by atoms with Gasteiger partial charge in [0.25, 0.3) is 0 Å². The van der Waals surface area contributed by atoms with E-state index >= 15 is 0 Å². The molecule has 25 heavy (non-hydrogen) atoms. The highest BCUT2D eigenvalue weighted by Crippen LogP contribution is 2.34. The lowest BCUT2D eigenvalue weighted by Gasteiger charge is -2.31. The van der Waals surface area contributed by atoms with Crippen LogP contribution in [0.1, 0.15) is 44.4 Å². The van der Waals surface area contributed by atoms with Crippen molar-refractivity contribution in [2.24, 2.45) is 5.92 Å². The van der Waals surface area contributed by atoms with Gasteiger partial charge in [-0.3, -0.25) is 9.69 Å². The van der Waals surface area contributed by atoms with Crippen LogP contribution in [0.25, 0.3) is 0 Å². The minimum absolute atomic E-state index is 0.288. The van der Waals surface area contributed by atoms with Gasteiger partial charge in [-0.05, 0) is 38.8 Å². The van der Waals surface area contributed by atoms with Gasteiger partial charge < -0.3 is 9.80 Å². The quantitative estimate of drug-likeness (QED) is 0.814. The maximum atomic E-state index is 12.4. The van der Waals surface area contributed by atoms with Crippen molar-refractivity contribution in [2.45, 2.75) is 52.1 Å². The molecule has 0 aromatic carbocycles. The third-order valence-corrected chi connectivity index (χ3v) is 6.01. The van der Waals surface area contributed by atoms with Crippen molar-refractivity contribution in [3.63, 3.8) is 0 Å². The second kappa shape index (κ2) is 6.90. The van der Waals surface area contributed by atoms with Crippen LogP contribution in [0.15, 0.2) is 6.33 Å². The van der Waals surface area contributed by atoms with E-state index in [1.54, 1.807) is 6.33 Å². The first-order valence-corrected chi connectivity index (χ1v) is 9.81. The smallest absolute Gasteiger partial charge is 0.226 e. The number of hydrogen-bond donors (Lipinski definition) is 0. The third kappa shape index (κ3) is 3.24. The monoisotopic (exact) mass is 343 g/mol. The summed E-state index contributed by atoms with van der Waals surface area (Å²) in [4.78, 5) is 28.5. The Morgan fingerprint density at radius 2 is 2.00 bits per heavy atom. The van der Waals surface area contributed by atoms with Gasteiger partial charge in [0, 0.05) is 37.2 Å². The lowest BCUT2D eigenvalue weighted by molar-refractivity contribution is -0.133. The van der Waals surface area contributed by atoms with Crippen LogP contribution < -0.4 is 4.90 Å². The normalized spacial score (nSPS) is 23.2. The Hall–Kier alpha value is -1.69. The number of carbonyl (C=O) groups excluding carboxylic acids is 1. The van der Waals surface area contributed by atoms with Crippen LogP contribution in [0.4, 0.5) is 5.82 Å². The number of rotatable bonds is 5. The van der Waals surface area contributed by atoms with Crippen molar-refractivity contribution >= 4 is 11.7 Å². The largest absolute Gasteiger partial charge is 0.355 e. The van der Waals surface area contributed by atoms with Crippen molar-refractivity contribution in [2.75, 3.05) is 37.6 Å². The molecular weight excluding hydrogens is 314 g/mol. The average molecular weight is 343 g/mol. The van der Waals surface area contributed by atoms with Crippen molar-refractivity contribution in [1.82, 2.24) is 19.8 Å². The lowest BCUT2D eigenvalue weighted by atomic mass is 10.0. The van der Waals surface area contributed by atoms with Gasteiger partial charge >= 0.3 is 0 Å². The number of anilines is 1. The maximum absolute atomic E-state index is 12.4. The number of nitrogens with zero attached hydrogens (tertiary/aromatic N) is 5. The molecule has 0 bridgehead atoms. The summed E-state index contributed by atoms with van der Waals surface area (Å²) in [6, 6.07) is 0.622. The highest BCUT2D eigenvalue weighted by Gasteiger charge is 2.36. The molecule has 0 spiro atoms. The number of carbonyl (C=O) groups is 1. The predicted octanol–water partition coefficient (Wildman–Crippen LogP) is 1.69.